The number of thioether (sulfide) groups is 1. The van der Waals surface area contributed by atoms with Crippen LogP contribution in [0.2, 0.25) is 0 Å². The average molecular weight is 433 g/mol. The van der Waals surface area contributed by atoms with Gasteiger partial charge in [-0.3, -0.25) is 4.79 Å². The molecule has 1 heterocycles. The summed E-state index contributed by atoms with van der Waals surface area (Å²) in [5, 5.41) is 14.7. The highest BCUT2D eigenvalue weighted by atomic mass is 32.2. The van der Waals surface area contributed by atoms with Gasteiger partial charge in [-0.25, -0.2) is 14.8 Å². The summed E-state index contributed by atoms with van der Waals surface area (Å²) in [5.41, 5.74) is 1.71. The van der Waals surface area contributed by atoms with Gasteiger partial charge in [0.05, 0.1) is 26.0 Å². The van der Waals surface area contributed by atoms with Crippen LogP contribution in [0.25, 0.3) is 11.1 Å². The van der Waals surface area contributed by atoms with Crippen molar-refractivity contribution in [1.29, 1.82) is 0 Å². The number of hydrogen-bond donors (Lipinski definition) is 3. The minimum absolute atomic E-state index is 0.159. The molecule has 10 heteroatoms. The third-order valence-electron chi connectivity index (χ3n) is 4.85. The summed E-state index contributed by atoms with van der Waals surface area (Å²) in [7, 11) is 3.16. The maximum atomic E-state index is 12.2. The van der Waals surface area contributed by atoms with Crippen LogP contribution in [0.1, 0.15) is 19.3 Å². The van der Waals surface area contributed by atoms with Crippen LogP contribution in [0.3, 0.4) is 0 Å². The van der Waals surface area contributed by atoms with Crippen molar-refractivity contribution in [2.45, 2.75) is 36.5 Å². The number of carbonyl (C=O) groups excluding carboxylic acids is 1. The first-order chi connectivity index (χ1) is 14.5. The number of carbonyl (C=O) groups is 2. The number of aromatic nitrogens is 2. The second kappa shape index (κ2) is 10.1. The normalized spacial score (nSPS) is 17.9. The van der Waals surface area contributed by atoms with Crippen LogP contribution in [-0.4, -0.2) is 59.1 Å². The van der Waals surface area contributed by atoms with Crippen molar-refractivity contribution in [3.63, 3.8) is 0 Å². The maximum absolute atomic E-state index is 12.2. The number of benzene rings is 1. The van der Waals surface area contributed by atoms with E-state index in [1.165, 1.54) is 11.8 Å². The van der Waals surface area contributed by atoms with Gasteiger partial charge in [0.25, 0.3) is 0 Å². The van der Waals surface area contributed by atoms with Gasteiger partial charge in [-0.15, -0.1) is 0 Å². The van der Waals surface area contributed by atoms with E-state index >= 15 is 0 Å². The monoisotopic (exact) mass is 432 g/mol. The molecule has 0 radical (unpaired) electrons. The standard InChI is InChI=1S/C20H24N4O5S/c1-28-16-7-6-12(8-17(16)29-2)13-9-21-19(22-10-13)30-11-18(25)23-14-4-3-5-15(14)24-20(26)27/h6-10,14-15,24H,3-5,11H2,1-2H3,(H,23,25)(H,26,27). The molecule has 1 aromatic heterocycles. The van der Waals surface area contributed by atoms with Crippen molar-refractivity contribution in [3.05, 3.63) is 30.6 Å². The summed E-state index contributed by atoms with van der Waals surface area (Å²) in [4.78, 5) is 31.7. The molecule has 1 saturated carbocycles. The minimum Gasteiger partial charge on any atom is -0.493 e. The molecule has 2 unspecified atom stereocenters. The molecule has 2 aromatic rings. The molecule has 3 rings (SSSR count). The van der Waals surface area contributed by atoms with E-state index in [1.54, 1.807) is 26.6 Å². The SMILES string of the molecule is COc1ccc(-c2cnc(SCC(=O)NC3CCCC3NC(=O)O)nc2)cc1OC. The molecule has 0 spiro atoms. The molecule has 0 bridgehead atoms. The lowest BCUT2D eigenvalue weighted by Crippen LogP contribution is -2.48. The van der Waals surface area contributed by atoms with Crippen LogP contribution < -0.4 is 20.1 Å². The Morgan fingerprint density at radius 1 is 1.07 bits per heavy atom. The summed E-state index contributed by atoms with van der Waals surface area (Å²) in [6.45, 7) is 0. The smallest absolute Gasteiger partial charge is 0.404 e. The number of nitrogens with zero attached hydrogens (tertiary/aromatic N) is 2. The molecule has 30 heavy (non-hydrogen) atoms. The van der Waals surface area contributed by atoms with Crippen molar-refractivity contribution in [1.82, 2.24) is 20.6 Å². The Morgan fingerprint density at radius 3 is 2.37 bits per heavy atom. The molecule has 1 fully saturated rings. The Bertz CT molecular complexity index is 893. The second-order valence-electron chi connectivity index (χ2n) is 6.77. The van der Waals surface area contributed by atoms with Crippen LogP contribution in [0, 0.1) is 0 Å². The van der Waals surface area contributed by atoms with Gasteiger partial charge < -0.3 is 25.2 Å². The predicted octanol–water partition coefficient (Wildman–Crippen LogP) is 2.56. The molecule has 9 nitrogen and oxygen atoms in total. The zero-order valence-corrected chi connectivity index (χ0v) is 17.6. The fourth-order valence-electron chi connectivity index (χ4n) is 3.40. The number of ether oxygens (including phenoxy) is 2. The highest BCUT2D eigenvalue weighted by Crippen LogP contribution is 2.32. The summed E-state index contributed by atoms with van der Waals surface area (Å²) in [5.74, 6) is 1.25. The van der Waals surface area contributed by atoms with E-state index in [-0.39, 0.29) is 23.7 Å². The summed E-state index contributed by atoms with van der Waals surface area (Å²) in [6.07, 6.45) is 4.68. The Kier molecular flexibility index (Phi) is 7.34. The molecule has 1 aliphatic carbocycles. The van der Waals surface area contributed by atoms with E-state index in [0.717, 1.165) is 30.4 Å². The molecule has 2 atom stereocenters. The predicted molar refractivity (Wildman–Crippen MR) is 112 cm³/mol. The van der Waals surface area contributed by atoms with Crippen molar-refractivity contribution >= 4 is 23.8 Å². The molecule has 160 valence electrons. The second-order valence-corrected chi connectivity index (χ2v) is 7.72. The first-order valence-corrected chi connectivity index (χ1v) is 10.4. The van der Waals surface area contributed by atoms with Gasteiger partial charge in [0.2, 0.25) is 5.91 Å². The van der Waals surface area contributed by atoms with Crippen LogP contribution >= 0.6 is 11.8 Å². The number of methoxy groups -OCH3 is 2. The van der Waals surface area contributed by atoms with E-state index in [4.69, 9.17) is 14.6 Å². The molecule has 1 aliphatic rings. The topological polar surface area (TPSA) is 123 Å². The molecular weight excluding hydrogens is 408 g/mol. The van der Waals surface area contributed by atoms with Crippen molar-refractivity contribution in [2.24, 2.45) is 0 Å². The lowest BCUT2D eigenvalue weighted by molar-refractivity contribution is -0.119. The first kappa shape index (κ1) is 21.7. The number of rotatable bonds is 8. The van der Waals surface area contributed by atoms with Crippen molar-refractivity contribution in [2.75, 3.05) is 20.0 Å². The van der Waals surface area contributed by atoms with Crippen LogP contribution in [0.4, 0.5) is 4.79 Å². The first-order valence-electron chi connectivity index (χ1n) is 9.46. The van der Waals surface area contributed by atoms with E-state index < -0.39 is 6.09 Å². The maximum Gasteiger partial charge on any atom is 0.404 e. The highest BCUT2D eigenvalue weighted by Gasteiger charge is 2.29. The van der Waals surface area contributed by atoms with Gasteiger partial charge in [0.1, 0.15) is 0 Å². The lowest BCUT2D eigenvalue weighted by Gasteiger charge is -2.20. The molecule has 0 aliphatic heterocycles. The largest absolute Gasteiger partial charge is 0.493 e. The van der Waals surface area contributed by atoms with Gasteiger partial charge >= 0.3 is 6.09 Å². The van der Waals surface area contributed by atoms with E-state index in [9.17, 15) is 9.59 Å². The molecule has 1 aromatic carbocycles. The van der Waals surface area contributed by atoms with E-state index in [1.807, 2.05) is 18.2 Å². The summed E-state index contributed by atoms with van der Waals surface area (Å²) >= 11 is 1.23. The number of nitrogens with one attached hydrogen (secondary N) is 2. The third kappa shape index (κ3) is 5.53. The fraction of sp³-hybridized carbons (Fsp3) is 0.400. The van der Waals surface area contributed by atoms with Crippen LogP contribution in [0.5, 0.6) is 11.5 Å². The molecule has 2 amide bonds. The van der Waals surface area contributed by atoms with Crippen LogP contribution in [-0.2, 0) is 4.79 Å². The minimum atomic E-state index is -1.07. The van der Waals surface area contributed by atoms with Crippen molar-refractivity contribution in [3.8, 4) is 22.6 Å². The van der Waals surface area contributed by atoms with Gasteiger partial charge in [-0.05, 0) is 37.0 Å². The molecular formula is C20H24N4O5S. The van der Waals surface area contributed by atoms with Gasteiger partial charge in [-0.2, -0.15) is 0 Å². The average Bonchev–Trinajstić information content (AvgIpc) is 3.17. The zero-order valence-electron chi connectivity index (χ0n) is 16.8. The summed E-state index contributed by atoms with van der Waals surface area (Å²) in [6, 6.07) is 5.14. The Balaban J connectivity index is 1.54. The van der Waals surface area contributed by atoms with Gasteiger partial charge in [0.15, 0.2) is 16.7 Å². The quantitative estimate of drug-likeness (QED) is 0.430. The van der Waals surface area contributed by atoms with E-state index in [2.05, 4.69) is 20.6 Å². The third-order valence-corrected chi connectivity index (χ3v) is 5.72. The van der Waals surface area contributed by atoms with Crippen LogP contribution in [0.15, 0.2) is 35.7 Å². The Labute approximate surface area is 178 Å². The number of amides is 2. The van der Waals surface area contributed by atoms with Crippen molar-refractivity contribution < 1.29 is 24.2 Å². The number of hydrogen-bond acceptors (Lipinski definition) is 7. The molecule has 0 saturated heterocycles. The Hall–Kier alpha value is -3.01. The van der Waals surface area contributed by atoms with Gasteiger partial charge in [-0.1, -0.05) is 17.8 Å². The van der Waals surface area contributed by atoms with E-state index in [0.29, 0.717) is 16.7 Å². The molecule has 3 N–H and O–H groups in total. The summed E-state index contributed by atoms with van der Waals surface area (Å²) < 4.78 is 10.6. The highest BCUT2D eigenvalue weighted by molar-refractivity contribution is 7.99. The zero-order chi connectivity index (χ0) is 21.5. The lowest BCUT2D eigenvalue weighted by atomic mass is 10.1. The number of carboxylic acid groups (broad SMARTS) is 1. The van der Waals surface area contributed by atoms with Gasteiger partial charge in [0, 0.05) is 24.0 Å². The Morgan fingerprint density at radius 2 is 1.73 bits per heavy atom. The fourth-order valence-corrected chi connectivity index (χ4v) is 4.00.